The number of carbonyl (C=O) groups excluding carboxylic acids is 1. The van der Waals surface area contributed by atoms with Crippen LogP contribution in [-0.4, -0.2) is 19.1 Å². The maximum Gasteiger partial charge on any atom is 0.416 e. The average Bonchev–Trinajstić information content (AvgIpc) is 3.09. The number of hydrogen-bond donors (Lipinski definition) is 2. The van der Waals surface area contributed by atoms with Crippen LogP contribution < -0.4 is 15.5 Å². The molecule has 2 aromatic rings. The number of carbonyl (C=O) groups is 1. The van der Waals surface area contributed by atoms with Crippen molar-refractivity contribution < 1.29 is 18.0 Å². The van der Waals surface area contributed by atoms with E-state index in [1.54, 1.807) is 12.1 Å². The van der Waals surface area contributed by atoms with E-state index in [0.29, 0.717) is 11.4 Å². The van der Waals surface area contributed by atoms with Gasteiger partial charge in [-0.25, -0.2) is 4.79 Å². The van der Waals surface area contributed by atoms with Crippen molar-refractivity contribution in [3.05, 3.63) is 54.1 Å². The zero-order chi connectivity index (χ0) is 17.9. The summed E-state index contributed by atoms with van der Waals surface area (Å²) in [7, 11) is 0. The Hall–Kier alpha value is -2.70. The Kier molecular flexibility index (Phi) is 4.83. The van der Waals surface area contributed by atoms with Crippen LogP contribution in [0.25, 0.3) is 0 Å². The van der Waals surface area contributed by atoms with Gasteiger partial charge in [0.1, 0.15) is 0 Å². The van der Waals surface area contributed by atoms with Gasteiger partial charge in [-0.15, -0.1) is 0 Å². The number of alkyl halides is 3. The van der Waals surface area contributed by atoms with E-state index in [-0.39, 0.29) is 0 Å². The SMILES string of the molecule is O=C(Nc1ccc(N2CCCC2)cc1)Nc1ccc(C(F)(F)F)cc1. The van der Waals surface area contributed by atoms with Crippen molar-refractivity contribution >= 4 is 23.1 Å². The molecule has 0 aliphatic carbocycles. The van der Waals surface area contributed by atoms with Gasteiger partial charge in [0.2, 0.25) is 0 Å². The summed E-state index contributed by atoms with van der Waals surface area (Å²) in [5, 5.41) is 5.17. The number of nitrogens with one attached hydrogen (secondary N) is 2. The first-order chi connectivity index (χ1) is 11.9. The van der Waals surface area contributed by atoms with Crippen molar-refractivity contribution in [3.8, 4) is 0 Å². The Morgan fingerprint density at radius 1 is 0.840 bits per heavy atom. The van der Waals surface area contributed by atoms with Gasteiger partial charge in [0.25, 0.3) is 0 Å². The van der Waals surface area contributed by atoms with Crippen molar-refractivity contribution in [1.29, 1.82) is 0 Å². The minimum absolute atomic E-state index is 0.291. The van der Waals surface area contributed by atoms with Crippen molar-refractivity contribution in [2.45, 2.75) is 19.0 Å². The molecule has 7 heteroatoms. The Labute approximate surface area is 143 Å². The lowest BCUT2D eigenvalue weighted by Crippen LogP contribution is -2.20. The van der Waals surface area contributed by atoms with Crippen LogP contribution in [0.3, 0.4) is 0 Å². The standard InChI is InChI=1S/C18H18F3N3O/c19-18(20,21)13-3-5-14(6-4-13)22-17(25)23-15-7-9-16(10-8-15)24-11-1-2-12-24/h3-10H,1-2,11-12H2,(H2,22,23,25). The van der Waals surface area contributed by atoms with Crippen molar-refractivity contribution in [2.75, 3.05) is 28.6 Å². The lowest BCUT2D eigenvalue weighted by Gasteiger charge is -2.17. The average molecular weight is 349 g/mol. The van der Waals surface area contributed by atoms with Crippen LogP contribution in [0.1, 0.15) is 18.4 Å². The molecule has 2 N–H and O–H groups in total. The molecule has 0 radical (unpaired) electrons. The molecule has 0 bridgehead atoms. The molecular weight excluding hydrogens is 331 g/mol. The Morgan fingerprint density at radius 3 is 1.80 bits per heavy atom. The van der Waals surface area contributed by atoms with Gasteiger partial charge in [0.05, 0.1) is 5.56 Å². The second kappa shape index (κ2) is 7.04. The highest BCUT2D eigenvalue weighted by Crippen LogP contribution is 2.29. The van der Waals surface area contributed by atoms with Crippen LogP contribution in [0, 0.1) is 0 Å². The number of benzene rings is 2. The topological polar surface area (TPSA) is 44.4 Å². The summed E-state index contributed by atoms with van der Waals surface area (Å²) in [6, 6.07) is 11.3. The van der Waals surface area contributed by atoms with Crippen molar-refractivity contribution in [1.82, 2.24) is 0 Å². The Morgan fingerprint density at radius 2 is 1.32 bits per heavy atom. The van der Waals surface area contributed by atoms with Crippen LogP contribution in [0.4, 0.5) is 35.0 Å². The molecule has 1 heterocycles. The molecule has 1 saturated heterocycles. The van der Waals surface area contributed by atoms with Crippen molar-refractivity contribution in [3.63, 3.8) is 0 Å². The van der Waals surface area contributed by atoms with Crippen LogP contribution in [0.5, 0.6) is 0 Å². The number of halogens is 3. The first kappa shape index (κ1) is 17.1. The molecule has 0 unspecified atom stereocenters. The summed E-state index contributed by atoms with van der Waals surface area (Å²) >= 11 is 0. The molecule has 0 aromatic heterocycles. The highest BCUT2D eigenvalue weighted by Gasteiger charge is 2.29. The molecule has 25 heavy (non-hydrogen) atoms. The fraction of sp³-hybridized carbons (Fsp3) is 0.278. The van der Waals surface area contributed by atoms with Gasteiger partial charge in [-0.05, 0) is 61.4 Å². The minimum atomic E-state index is -4.39. The zero-order valence-corrected chi connectivity index (χ0v) is 13.4. The highest BCUT2D eigenvalue weighted by atomic mass is 19.4. The molecular formula is C18H18F3N3O. The second-order valence-electron chi connectivity index (χ2n) is 5.90. The maximum atomic E-state index is 12.5. The Balaban J connectivity index is 1.57. The van der Waals surface area contributed by atoms with Gasteiger partial charge in [0, 0.05) is 30.2 Å². The molecule has 1 fully saturated rings. The van der Waals surface area contributed by atoms with E-state index in [1.165, 1.54) is 25.0 Å². The van der Waals surface area contributed by atoms with Gasteiger partial charge < -0.3 is 15.5 Å². The lowest BCUT2D eigenvalue weighted by atomic mass is 10.2. The predicted molar refractivity (Wildman–Crippen MR) is 92.0 cm³/mol. The molecule has 132 valence electrons. The molecule has 1 aliphatic rings. The number of anilines is 3. The third kappa shape index (κ3) is 4.43. The van der Waals surface area contributed by atoms with Crippen LogP contribution in [0.15, 0.2) is 48.5 Å². The zero-order valence-electron chi connectivity index (χ0n) is 13.4. The van der Waals surface area contributed by atoms with Gasteiger partial charge in [-0.2, -0.15) is 13.2 Å². The van der Waals surface area contributed by atoms with E-state index in [2.05, 4.69) is 15.5 Å². The number of amides is 2. The first-order valence-electron chi connectivity index (χ1n) is 8.02. The molecule has 0 saturated carbocycles. The fourth-order valence-electron chi connectivity index (χ4n) is 2.77. The predicted octanol–water partition coefficient (Wildman–Crippen LogP) is 4.95. The molecule has 2 aromatic carbocycles. The molecule has 2 amide bonds. The highest BCUT2D eigenvalue weighted by molar-refractivity contribution is 5.99. The largest absolute Gasteiger partial charge is 0.416 e. The third-order valence-electron chi connectivity index (χ3n) is 4.07. The molecule has 0 atom stereocenters. The van der Waals surface area contributed by atoms with E-state index in [1.807, 2.05) is 12.1 Å². The molecule has 3 rings (SSSR count). The normalized spacial score (nSPS) is 14.4. The van der Waals surface area contributed by atoms with Crippen LogP contribution in [-0.2, 0) is 6.18 Å². The minimum Gasteiger partial charge on any atom is -0.372 e. The van der Waals surface area contributed by atoms with E-state index in [9.17, 15) is 18.0 Å². The quantitative estimate of drug-likeness (QED) is 0.823. The van der Waals surface area contributed by atoms with E-state index in [0.717, 1.165) is 30.9 Å². The Bertz CT molecular complexity index is 721. The lowest BCUT2D eigenvalue weighted by molar-refractivity contribution is -0.137. The maximum absolute atomic E-state index is 12.5. The van der Waals surface area contributed by atoms with Crippen molar-refractivity contribution in [2.24, 2.45) is 0 Å². The summed E-state index contributed by atoms with van der Waals surface area (Å²) in [4.78, 5) is 14.2. The van der Waals surface area contributed by atoms with E-state index in [4.69, 9.17) is 0 Å². The first-order valence-corrected chi connectivity index (χ1v) is 8.02. The summed E-state index contributed by atoms with van der Waals surface area (Å²) in [6.45, 7) is 2.09. The molecule has 1 aliphatic heterocycles. The fourth-order valence-corrected chi connectivity index (χ4v) is 2.77. The summed E-state index contributed by atoms with van der Waals surface area (Å²) < 4.78 is 37.5. The van der Waals surface area contributed by atoms with Crippen LogP contribution >= 0.6 is 0 Å². The number of hydrogen-bond acceptors (Lipinski definition) is 2. The number of urea groups is 1. The monoisotopic (exact) mass is 349 g/mol. The van der Waals surface area contributed by atoms with Gasteiger partial charge in [-0.3, -0.25) is 0 Å². The van der Waals surface area contributed by atoms with E-state index < -0.39 is 17.8 Å². The van der Waals surface area contributed by atoms with Gasteiger partial charge in [0.15, 0.2) is 0 Å². The summed E-state index contributed by atoms with van der Waals surface area (Å²) in [5.41, 5.74) is 1.27. The van der Waals surface area contributed by atoms with Gasteiger partial charge >= 0.3 is 12.2 Å². The number of rotatable bonds is 3. The van der Waals surface area contributed by atoms with Gasteiger partial charge in [-0.1, -0.05) is 0 Å². The summed E-state index contributed by atoms with van der Waals surface area (Å²) in [5.74, 6) is 0. The van der Waals surface area contributed by atoms with E-state index >= 15 is 0 Å². The smallest absolute Gasteiger partial charge is 0.372 e. The summed E-state index contributed by atoms with van der Waals surface area (Å²) in [6.07, 6.45) is -2.01. The third-order valence-corrected chi connectivity index (χ3v) is 4.07. The molecule has 0 spiro atoms. The van der Waals surface area contributed by atoms with Crippen LogP contribution in [0.2, 0.25) is 0 Å². The molecule has 4 nitrogen and oxygen atoms in total. The second-order valence-corrected chi connectivity index (χ2v) is 5.90. The number of nitrogens with zero attached hydrogens (tertiary/aromatic N) is 1.